The summed E-state index contributed by atoms with van der Waals surface area (Å²) in [4.78, 5) is 16.4. The second-order valence-electron chi connectivity index (χ2n) is 6.91. The number of benzene rings is 1. The summed E-state index contributed by atoms with van der Waals surface area (Å²) in [6.07, 6.45) is 0. The third-order valence-corrected chi connectivity index (χ3v) is 4.45. The number of aromatic nitrogens is 2. The fourth-order valence-corrected chi connectivity index (χ4v) is 2.70. The third-order valence-electron chi connectivity index (χ3n) is 4.45. The lowest BCUT2D eigenvalue weighted by atomic mass is 10.2. The van der Waals surface area contributed by atoms with Crippen LogP contribution >= 0.6 is 0 Å². The van der Waals surface area contributed by atoms with Crippen molar-refractivity contribution in [3.63, 3.8) is 0 Å². The van der Waals surface area contributed by atoms with Crippen molar-refractivity contribution in [1.82, 2.24) is 15.1 Å². The van der Waals surface area contributed by atoms with Crippen LogP contribution in [0.1, 0.15) is 13.8 Å². The van der Waals surface area contributed by atoms with Gasteiger partial charge in [0.15, 0.2) is 11.6 Å². The average Bonchev–Trinajstić information content (AvgIpc) is 2.64. The molecule has 26 heavy (non-hydrogen) atoms. The number of nitrogens with one attached hydrogen (secondary N) is 2. The molecule has 0 aliphatic carbocycles. The van der Waals surface area contributed by atoms with E-state index in [9.17, 15) is 4.79 Å². The minimum atomic E-state index is -0.0894. The molecule has 1 aromatic carbocycles. The zero-order valence-electron chi connectivity index (χ0n) is 15.6. The molecule has 0 spiro atoms. The van der Waals surface area contributed by atoms with Crippen LogP contribution in [0.4, 0.5) is 23.0 Å². The number of carbonyl (C=O) groups is 1. The van der Waals surface area contributed by atoms with E-state index in [1.807, 2.05) is 26.0 Å². The summed E-state index contributed by atoms with van der Waals surface area (Å²) in [6, 6.07) is 11.9. The first-order valence-electron chi connectivity index (χ1n) is 8.96. The van der Waals surface area contributed by atoms with E-state index in [2.05, 4.69) is 49.8 Å². The Morgan fingerprint density at radius 1 is 0.962 bits per heavy atom. The van der Waals surface area contributed by atoms with Gasteiger partial charge in [0.1, 0.15) is 0 Å². The Bertz CT molecular complexity index is 721. The molecular formula is C19H26N6O. The Morgan fingerprint density at radius 2 is 1.58 bits per heavy atom. The van der Waals surface area contributed by atoms with E-state index in [1.54, 1.807) is 12.1 Å². The highest BCUT2D eigenvalue weighted by molar-refractivity contribution is 5.91. The van der Waals surface area contributed by atoms with E-state index >= 15 is 0 Å². The summed E-state index contributed by atoms with van der Waals surface area (Å²) in [5, 5.41) is 14.1. The second-order valence-corrected chi connectivity index (χ2v) is 6.91. The summed E-state index contributed by atoms with van der Waals surface area (Å²) in [6.45, 7) is 7.97. The topological polar surface area (TPSA) is 73.4 Å². The molecule has 1 saturated heterocycles. The van der Waals surface area contributed by atoms with Gasteiger partial charge in [-0.3, -0.25) is 4.79 Å². The number of nitrogens with zero attached hydrogens (tertiary/aromatic N) is 4. The number of hydrogen-bond acceptors (Lipinski definition) is 6. The van der Waals surface area contributed by atoms with Gasteiger partial charge in [-0.05, 0) is 43.4 Å². The maximum atomic E-state index is 11.7. The van der Waals surface area contributed by atoms with Crippen LogP contribution in [0.3, 0.4) is 0 Å². The van der Waals surface area contributed by atoms with E-state index in [0.717, 1.165) is 31.9 Å². The first-order valence-corrected chi connectivity index (χ1v) is 8.96. The Morgan fingerprint density at radius 3 is 2.15 bits per heavy atom. The molecule has 0 radical (unpaired) electrons. The van der Waals surface area contributed by atoms with Crippen molar-refractivity contribution >= 4 is 28.9 Å². The van der Waals surface area contributed by atoms with Crippen LogP contribution in [0.2, 0.25) is 0 Å². The fraction of sp³-hybridized carbons (Fsp3) is 0.421. The Balaban J connectivity index is 1.58. The van der Waals surface area contributed by atoms with Crippen molar-refractivity contribution in [2.24, 2.45) is 5.92 Å². The molecule has 2 heterocycles. The van der Waals surface area contributed by atoms with Crippen molar-refractivity contribution in [2.75, 3.05) is 48.8 Å². The van der Waals surface area contributed by atoms with Gasteiger partial charge in [-0.15, -0.1) is 10.2 Å². The van der Waals surface area contributed by atoms with E-state index in [-0.39, 0.29) is 11.8 Å². The highest BCUT2D eigenvalue weighted by Crippen LogP contribution is 2.21. The number of amides is 1. The molecule has 1 aromatic heterocycles. The molecule has 1 fully saturated rings. The van der Waals surface area contributed by atoms with Crippen LogP contribution in [-0.4, -0.2) is 54.2 Å². The molecule has 138 valence electrons. The van der Waals surface area contributed by atoms with Crippen LogP contribution in [-0.2, 0) is 4.79 Å². The van der Waals surface area contributed by atoms with Gasteiger partial charge in [0.2, 0.25) is 5.91 Å². The first-order chi connectivity index (χ1) is 12.5. The van der Waals surface area contributed by atoms with Gasteiger partial charge in [0.25, 0.3) is 0 Å². The predicted octanol–water partition coefficient (Wildman–Crippen LogP) is 2.57. The number of anilines is 4. The summed E-state index contributed by atoms with van der Waals surface area (Å²) in [5.74, 6) is 0.937. The van der Waals surface area contributed by atoms with Crippen molar-refractivity contribution in [2.45, 2.75) is 13.8 Å². The lowest BCUT2D eigenvalue weighted by molar-refractivity contribution is -0.118. The van der Waals surface area contributed by atoms with Gasteiger partial charge in [-0.2, -0.15) is 0 Å². The largest absolute Gasteiger partial charge is 0.369 e. The van der Waals surface area contributed by atoms with E-state index in [0.29, 0.717) is 11.6 Å². The van der Waals surface area contributed by atoms with Crippen molar-refractivity contribution in [3.8, 4) is 0 Å². The van der Waals surface area contributed by atoms with E-state index in [1.165, 1.54) is 5.69 Å². The molecule has 0 saturated carbocycles. The monoisotopic (exact) mass is 354 g/mol. The van der Waals surface area contributed by atoms with Gasteiger partial charge in [0, 0.05) is 43.5 Å². The maximum absolute atomic E-state index is 11.7. The Labute approximate surface area is 154 Å². The van der Waals surface area contributed by atoms with Gasteiger partial charge < -0.3 is 20.4 Å². The van der Waals surface area contributed by atoms with Crippen molar-refractivity contribution in [3.05, 3.63) is 36.4 Å². The molecular weight excluding hydrogens is 328 g/mol. The van der Waals surface area contributed by atoms with Gasteiger partial charge in [0.05, 0.1) is 0 Å². The van der Waals surface area contributed by atoms with E-state index < -0.39 is 0 Å². The summed E-state index contributed by atoms with van der Waals surface area (Å²) >= 11 is 0. The molecule has 0 unspecified atom stereocenters. The third kappa shape index (κ3) is 4.70. The maximum Gasteiger partial charge on any atom is 0.228 e. The molecule has 1 aliphatic rings. The Kier molecular flexibility index (Phi) is 5.68. The standard InChI is InChI=1S/C19H26N6O/c1-14(2)19(26)21-18-9-8-17(22-23-18)20-15-4-6-16(7-5-15)25-12-10-24(3)11-13-25/h4-9,14H,10-13H2,1-3H3,(H,20,22)(H,21,23,26). The number of piperazine rings is 1. The minimum Gasteiger partial charge on any atom is -0.369 e. The lowest BCUT2D eigenvalue weighted by Gasteiger charge is -2.34. The number of rotatable bonds is 5. The van der Waals surface area contributed by atoms with Gasteiger partial charge >= 0.3 is 0 Å². The molecule has 2 aromatic rings. The zero-order chi connectivity index (χ0) is 18.5. The van der Waals surface area contributed by atoms with Crippen LogP contribution in [0.15, 0.2) is 36.4 Å². The molecule has 7 nitrogen and oxygen atoms in total. The number of likely N-dealkylation sites (N-methyl/N-ethyl adjacent to an activating group) is 1. The average molecular weight is 354 g/mol. The molecule has 1 aliphatic heterocycles. The molecule has 7 heteroatoms. The summed E-state index contributed by atoms with van der Waals surface area (Å²) in [7, 11) is 2.16. The Hall–Kier alpha value is -2.67. The molecule has 1 amide bonds. The summed E-state index contributed by atoms with van der Waals surface area (Å²) < 4.78 is 0. The quantitative estimate of drug-likeness (QED) is 0.860. The molecule has 2 N–H and O–H groups in total. The number of hydrogen-bond donors (Lipinski definition) is 2. The SMILES string of the molecule is CC(C)C(=O)Nc1ccc(Nc2ccc(N3CCN(C)CC3)cc2)nn1. The van der Waals surface area contributed by atoms with Crippen molar-refractivity contribution in [1.29, 1.82) is 0 Å². The predicted molar refractivity (Wildman–Crippen MR) is 105 cm³/mol. The van der Waals surface area contributed by atoms with Gasteiger partial charge in [-0.1, -0.05) is 13.8 Å². The number of carbonyl (C=O) groups excluding carboxylic acids is 1. The highest BCUT2D eigenvalue weighted by Gasteiger charge is 2.14. The normalized spacial score (nSPS) is 15.2. The van der Waals surface area contributed by atoms with Crippen LogP contribution in [0, 0.1) is 5.92 Å². The van der Waals surface area contributed by atoms with Gasteiger partial charge in [-0.25, -0.2) is 0 Å². The van der Waals surface area contributed by atoms with Crippen LogP contribution < -0.4 is 15.5 Å². The molecule has 0 atom stereocenters. The molecule has 0 bridgehead atoms. The van der Waals surface area contributed by atoms with Crippen LogP contribution in [0.5, 0.6) is 0 Å². The second kappa shape index (κ2) is 8.14. The smallest absolute Gasteiger partial charge is 0.228 e. The van der Waals surface area contributed by atoms with Crippen molar-refractivity contribution < 1.29 is 4.79 Å². The fourth-order valence-electron chi connectivity index (χ4n) is 2.70. The van der Waals surface area contributed by atoms with E-state index in [4.69, 9.17) is 0 Å². The lowest BCUT2D eigenvalue weighted by Crippen LogP contribution is -2.44. The first kappa shape index (κ1) is 18.1. The minimum absolute atomic E-state index is 0.0699. The highest BCUT2D eigenvalue weighted by atomic mass is 16.1. The summed E-state index contributed by atoms with van der Waals surface area (Å²) in [5.41, 5.74) is 2.19. The zero-order valence-corrected chi connectivity index (χ0v) is 15.6. The molecule has 3 rings (SSSR count). The van der Waals surface area contributed by atoms with Crippen LogP contribution in [0.25, 0.3) is 0 Å².